The number of esters is 1. The molecule has 2 rings (SSSR count). The lowest BCUT2D eigenvalue weighted by atomic mass is 10.2. The molecular formula is C15H18N4O4. The van der Waals surface area contributed by atoms with E-state index in [-0.39, 0.29) is 24.7 Å². The zero-order valence-corrected chi connectivity index (χ0v) is 12.8. The number of carbonyl (C=O) groups excluding carboxylic acids is 2. The van der Waals surface area contributed by atoms with Gasteiger partial charge in [-0.3, -0.25) is 14.6 Å². The molecule has 0 spiro atoms. The zero-order chi connectivity index (χ0) is 16.5. The van der Waals surface area contributed by atoms with Gasteiger partial charge in [0.2, 0.25) is 17.6 Å². The number of nitrogens with one attached hydrogen (secondary N) is 1. The Morgan fingerprint density at radius 3 is 2.78 bits per heavy atom. The van der Waals surface area contributed by atoms with Crippen LogP contribution in [-0.4, -0.2) is 40.7 Å². The molecule has 0 aliphatic rings. The first-order valence-corrected chi connectivity index (χ1v) is 7.25. The third-order valence-electron chi connectivity index (χ3n) is 3.08. The summed E-state index contributed by atoms with van der Waals surface area (Å²) in [6, 6.07) is 3.56. The van der Waals surface area contributed by atoms with Gasteiger partial charge in [0.1, 0.15) is 0 Å². The van der Waals surface area contributed by atoms with E-state index < -0.39 is 0 Å². The Morgan fingerprint density at radius 2 is 2.04 bits per heavy atom. The Hall–Kier alpha value is -2.77. The SMILES string of the molecule is COC(=O)CCCNC(=O)CCc1nc(-c2ccncc2)no1. The summed E-state index contributed by atoms with van der Waals surface area (Å²) in [5.41, 5.74) is 0.808. The molecule has 0 fully saturated rings. The summed E-state index contributed by atoms with van der Waals surface area (Å²) in [7, 11) is 1.34. The van der Waals surface area contributed by atoms with Gasteiger partial charge in [0, 0.05) is 43.8 Å². The van der Waals surface area contributed by atoms with Crippen molar-refractivity contribution in [3.63, 3.8) is 0 Å². The maximum absolute atomic E-state index is 11.7. The zero-order valence-electron chi connectivity index (χ0n) is 12.8. The number of rotatable bonds is 8. The predicted octanol–water partition coefficient (Wildman–Crippen LogP) is 1.13. The Morgan fingerprint density at radius 1 is 1.26 bits per heavy atom. The summed E-state index contributed by atoms with van der Waals surface area (Å²) < 4.78 is 9.64. The van der Waals surface area contributed by atoms with Crippen molar-refractivity contribution in [2.75, 3.05) is 13.7 Å². The third kappa shape index (κ3) is 5.50. The van der Waals surface area contributed by atoms with Crippen molar-refractivity contribution in [1.82, 2.24) is 20.4 Å². The van der Waals surface area contributed by atoms with Gasteiger partial charge in [-0.25, -0.2) is 0 Å². The molecule has 1 N–H and O–H groups in total. The minimum Gasteiger partial charge on any atom is -0.469 e. The van der Waals surface area contributed by atoms with Crippen LogP contribution in [0.15, 0.2) is 29.0 Å². The average molecular weight is 318 g/mol. The summed E-state index contributed by atoms with van der Waals surface area (Å²) >= 11 is 0. The van der Waals surface area contributed by atoms with Crippen molar-refractivity contribution in [3.8, 4) is 11.4 Å². The van der Waals surface area contributed by atoms with E-state index >= 15 is 0 Å². The standard InChI is InChI=1S/C15H18N4O4/c1-22-14(21)3-2-8-17-12(20)4-5-13-18-15(19-23-13)11-6-9-16-10-7-11/h6-7,9-10H,2-5,8H2,1H3,(H,17,20). The van der Waals surface area contributed by atoms with E-state index in [1.807, 2.05) is 0 Å². The minimum absolute atomic E-state index is 0.126. The summed E-state index contributed by atoms with van der Waals surface area (Å²) in [5.74, 6) is 0.467. The maximum Gasteiger partial charge on any atom is 0.305 e. The molecule has 2 heterocycles. The molecule has 8 nitrogen and oxygen atoms in total. The van der Waals surface area contributed by atoms with Gasteiger partial charge in [-0.1, -0.05) is 5.16 Å². The number of amides is 1. The second kappa shape index (κ2) is 8.62. The first-order valence-electron chi connectivity index (χ1n) is 7.25. The van der Waals surface area contributed by atoms with Crippen LogP contribution in [0, 0.1) is 0 Å². The third-order valence-corrected chi connectivity index (χ3v) is 3.08. The summed E-state index contributed by atoms with van der Waals surface area (Å²) in [4.78, 5) is 30.8. The molecular weight excluding hydrogens is 300 g/mol. The lowest BCUT2D eigenvalue weighted by Gasteiger charge is -2.03. The molecule has 2 aromatic rings. The van der Waals surface area contributed by atoms with Crippen LogP contribution in [0.25, 0.3) is 11.4 Å². The first kappa shape index (κ1) is 16.6. The highest BCUT2D eigenvalue weighted by molar-refractivity contribution is 5.76. The Kier molecular flexibility index (Phi) is 6.22. The Bertz CT molecular complexity index is 642. The van der Waals surface area contributed by atoms with E-state index in [1.54, 1.807) is 24.5 Å². The number of nitrogens with zero attached hydrogens (tertiary/aromatic N) is 3. The van der Waals surface area contributed by atoms with Crippen LogP contribution in [0.3, 0.4) is 0 Å². The summed E-state index contributed by atoms with van der Waals surface area (Å²) in [5, 5.41) is 6.60. The number of methoxy groups -OCH3 is 1. The van der Waals surface area contributed by atoms with Crippen molar-refractivity contribution in [2.45, 2.75) is 25.7 Å². The van der Waals surface area contributed by atoms with Crippen LogP contribution in [0.5, 0.6) is 0 Å². The molecule has 0 bridgehead atoms. The van der Waals surface area contributed by atoms with Crippen LogP contribution in [-0.2, 0) is 20.7 Å². The Balaban J connectivity index is 1.71. The number of hydrogen-bond acceptors (Lipinski definition) is 7. The van der Waals surface area contributed by atoms with Gasteiger partial charge < -0.3 is 14.6 Å². The number of hydrogen-bond donors (Lipinski definition) is 1. The second-order valence-electron chi connectivity index (χ2n) is 4.78. The van der Waals surface area contributed by atoms with E-state index in [4.69, 9.17) is 4.52 Å². The van der Waals surface area contributed by atoms with E-state index in [1.165, 1.54) is 7.11 Å². The lowest BCUT2D eigenvalue weighted by Crippen LogP contribution is -2.25. The average Bonchev–Trinajstić information content (AvgIpc) is 3.06. The smallest absolute Gasteiger partial charge is 0.305 e. The minimum atomic E-state index is -0.284. The van der Waals surface area contributed by atoms with Crippen molar-refractivity contribution in [3.05, 3.63) is 30.4 Å². The molecule has 122 valence electrons. The van der Waals surface area contributed by atoms with Gasteiger partial charge in [-0.15, -0.1) is 0 Å². The van der Waals surface area contributed by atoms with Crippen molar-refractivity contribution < 1.29 is 18.8 Å². The van der Waals surface area contributed by atoms with Crippen LogP contribution < -0.4 is 5.32 Å². The van der Waals surface area contributed by atoms with E-state index in [0.717, 1.165) is 5.56 Å². The van der Waals surface area contributed by atoms with Crippen LogP contribution in [0.2, 0.25) is 0 Å². The molecule has 23 heavy (non-hydrogen) atoms. The molecule has 0 aliphatic carbocycles. The monoisotopic (exact) mass is 318 g/mol. The van der Waals surface area contributed by atoms with Gasteiger partial charge in [0.05, 0.1) is 7.11 Å². The fourth-order valence-corrected chi connectivity index (χ4v) is 1.85. The largest absolute Gasteiger partial charge is 0.469 e. The number of pyridine rings is 1. The maximum atomic E-state index is 11.7. The highest BCUT2D eigenvalue weighted by atomic mass is 16.5. The van der Waals surface area contributed by atoms with Crippen LogP contribution in [0.4, 0.5) is 0 Å². The lowest BCUT2D eigenvalue weighted by molar-refractivity contribution is -0.140. The van der Waals surface area contributed by atoms with Crippen molar-refractivity contribution >= 4 is 11.9 Å². The van der Waals surface area contributed by atoms with Gasteiger partial charge in [-0.2, -0.15) is 4.98 Å². The fourth-order valence-electron chi connectivity index (χ4n) is 1.85. The molecule has 0 aromatic carbocycles. The molecule has 0 unspecified atom stereocenters. The highest BCUT2D eigenvalue weighted by Crippen LogP contribution is 2.14. The number of aryl methyl sites for hydroxylation is 1. The van der Waals surface area contributed by atoms with Crippen LogP contribution in [0.1, 0.15) is 25.2 Å². The molecule has 2 aromatic heterocycles. The van der Waals surface area contributed by atoms with E-state index in [0.29, 0.717) is 31.1 Å². The number of carbonyl (C=O) groups is 2. The molecule has 8 heteroatoms. The number of ether oxygens (including phenoxy) is 1. The summed E-state index contributed by atoms with van der Waals surface area (Å²) in [6.07, 6.45) is 4.73. The predicted molar refractivity (Wildman–Crippen MR) is 80.1 cm³/mol. The normalized spacial score (nSPS) is 10.3. The van der Waals surface area contributed by atoms with Gasteiger partial charge in [0.25, 0.3) is 0 Å². The fraction of sp³-hybridized carbons (Fsp3) is 0.400. The van der Waals surface area contributed by atoms with Gasteiger partial charge in [0.15, 0.2) is 0 Å². The molecule has 0 aliphatic heterocycles. The molecule has 0 radical (unpaired) electrons. The summed E-state index contributed by atoms with van der Waals surface area (Å²) in [6.45, 7) is 0.431. The number of aromatic nitrogens is 3. The highest BCUT2D eigenvalue weighted by Gasteiger charge is 2.10. The molecule has 1 amide bonds. The molecule has 0 saturated carbocycles. The van der Waals surface area contributed by atoms with Crippen LogP contribution >= 0.6 is 0 Å². The second-order valence-corrected chi connectivity index (χ2v) is 4.78. The Labute approximate surface area is 133 Å². The van der Waals surface area contributed by atoms with Crippen molar-refractivity contribution in [1.29, 1.82) is 0 Å². The molecule has 0 saturated heterocycles. The van der Waals surface area contributed by atoms with Gasteiger partial charge >= 0.3 is 5.97 Å². The van der Waals surface area contributed by atoms with Gasteiger partial charge in [-0.05, 0) is 18.6 Å². The van der Waals surface area contributed by atoms with E-state index in [2.05, 4.69) is 25.2 Å². The first-order chi connectivity index (χ1) is 11.2. The van der Waals surface area contributed by atoms with E-state index in [9.17, 15) is 9.59 Å². The molecule has 0 atom stereocenters. The van der Waals surface area contributed by atoms with Crippen molar-refractivity contribution in [2.24, 2.45) is 0 Å². The quantitative estimate of drug-likeness (QED) is 0.574. The topological polar surface area (TPSA) is 107 Å².